The number of carbonyl (C=O) groups excluding carboxylic acids is 4. The lowest BCUT2D eigenvalue weighted by Crippen LogP contribution is -2.41. The molecule has 1 atom stereocenters. The largest absolute Gasteiger partial charge is 0.466 e. The summed E-state index contributed by atoms with van der Waals surface area (Å²) in [6, 6.07) is 12.0. The molecule has 38 heavy (non-hydrogen) atoms. The Morgan fingerprint density at radius 1 is 0.921 bits per heavy atom. The second-order valence-corrected chi connectivity index (χ2v) is 7.82. The highest BCUT2D eigenvalue weighted by atomic mass is 16.5. The van der Waals surface area contributed by atoms with E-state index in [1.165, 1.54) is 12.2 Å². The van der Waals surface area contributed by atoms with Crippen molar-refractivity contribution in [1.82, 2.24) is 5.32 Å². The van der Waals surface area contributed by atoms with E-state index in [1.807, 2.05) is 0 Å². The summed E-state index contributed by atoms with van der Waals surface area (Å²) in [7, 11) is 0. The summed E-state index contributed by atoms with van der Waals surface area (Å²) in [6.45, 7) is 3.71. The third kappa shape index (κ3) is 10.1. The Hall–Kier alpha value is -4.73. The first-order chi connectivity index (χ1) is 18.2. The van der Waals surface area contributed by atoms with Crippen molar-refractivity contribution in [2.45, 2.75) is 32.7 Å². The maximum absolute atomic E-state index is 12.4. The zero-order valence-electron chi connectivity index (χ0n) is 21.3. The van der Waals surface area contributed by atoms with Crippen molar-refractivity contribution in [2.75, 3.05) is 13.2 Å². The second kappa shape index (κ2) is 15.4. The van der Waals surface area contributed by atoms with Crippen LogP contribution in [0.5, 0.6) is 5.75 Å². The van der Waals surface area contributed by atoms with Gasteiger partial charge in [0.15, 0.2) is 0 Å². The highest BCUT2D eigenvalue weighted by Crippen LogP contribution is 2.15. The predicted molar refractivity (Wildman–Crippen MR) is 141 cm³/mol. The average molecular weight is 522 g/mol. The number of rotatable bonds is 13. The van der Waals surface area contributed by atoms with Crippen molar-refractivity contribution >= 4 is 35.7 Å². The fraction of sp³-hybridized carbons (Fsp3) is 0.250. The van der Waals surface area contributed by atoms with Gasteiger partial charge < -0.3 is 25.3 Å². The number of ether oxygens (including phenoxy) is 3. The molecule has 0 unspecified atom stereocenters. The first-order valence-corrected chi connectivity index (χ1v) is 12.0. The maximum atomic E-state index is 12.4. The van der Waals surface area contributed by atoms with Crippen molar-refractivity contribution < 1.29 is 33.4 Å². The molecule has 0 aliphatic carbocycles. The predicted octanol–water partition coefficient (Wildman–Crippen LogP) is 3.15. The summed E-state index contributed by atoms with van der Waals surface area (Å²) in [5.41, 5.74) is 7.06. The molecule has 0 saturated carbocycles. The molecule has 2 rings (SSSR count). The van der Waals surface area contributed by atoms with E-state index in [-0.39, 0.29) is 31.9 Å². The fourth-order valence-electron chi connectivity index (χ4n) is 3.12. The Morgan fingerprint density at radius 2 is 1.55 bits per heavy atom. The molecule has 0 spiro atoms. The van der Waals surface area contributed by atoms with Crippen LogP contribution in [-0.4, -0.2) is 48.9 Å². The Bertz CT molecular complexity index is 1190. The Labute approximate surface area is 221 Å². The number of nitrogens with one attached hydrogen (secondary N) is 2. The maximum Gasteiger partial charge on any atom is 0.343 e. The molecule has 0 aliphatic rings. The van der Waals surface area contributed by atoms with Gasteiger partial charge in [-0.2, -0.15) is 0 Å². The van der Waals surface area contributed by atoms with Gasteiger partial charge in [-0.3, -0.25) is 15.0 Å². The van der Waals surface area contributed by atoms with Crippen molar-refractivity contribution in [3.8, 4) is 5.75 Å². The summed E-state index contributed by atoms with van der Waals surface area (Å²) in [4.78, 5) is 48.3. The third-order valence-corrected chi connectivity index (χ3v) is 5.00. The molecule has 2 aromatic carbocycles. The number of hydrogen-bond donors (Lipinski definition) is 3. The molecule has 0 aliphatic heterocycles. The lowest BCUT2D eigenvalue weighted by atomic mass is 10.1. The smallest absolute Gasteiger partial charge is 0.343 e. The van der Waals surface area contributed by atoms with E-state index in [0.29, 0.717) is 16.9 Å². The van der Waals surface area contributed by atoms with Gasteiger partial charge in [-0.1, -0.05) is 30.4 Å². The molecule has 2 aromatic rings. The zero-order chi connectivity index (χ0) is 27.9. The van der Waals surface area contributed by atoms with Gasteiger partial charge in [0.2, 0.25) is 5.91 Å². The lowest BCUT2D eigenvalue weighted by Gasteiger charge is -2.15. The highest BCUT2D eigenvalue weighted by Gasteiger charge is 2.22. The standard InChI is InChI=1S/C28H31N3O7/c1-3-36-25(33)18-17-23(28(35)37-4-2)31-24(32)8-6-5-7-19-9-11-21(12-10-19)27(34)38-22-15-13-20(14-16-22)26(29)30/h5-16,23H,3-4,17-18H2,1-2H3,(H3,29,30)(H,31,32)/t23-/m0/s1. The number of amidine groups is 1. The molecule has 200 valence electrons. The summed E-state index contributed by atoms with van der Waals surface area (Å²) in [5, 5.41) is 9.93. The van der Waals surface area contributed by atoms with Crippen molar-refractivity contribution in [3.05, 3.63) is 83.4 Å². The number of amides is 1. The molecule has 0 radical (unpaired) electrons. The van der Waals surface area contributed by atoms with E-state index in [2.05, 4.69) is 5.32 Å². The van der Waals surface area contributed by atoms with Crippen LogP contribution in [0.3, 0.4) is 0 Å². The lowest BCUT2D eigenvalue weighted by molar-refractivity contribution is -0.148. The van der Waals surface area contributed by atoms with Gasteiger partial charge in [0.1, 0.15) is 17.6 Å². The van der Waals surface area contributed by atoms with Gasteiger partial charge in [0.25, 0.3) is 0 Å². The summed E-state index contributed by atoms with van der Waals surface area (Å²) in [6.07, 6.45) is 6.12. The van der Waals surface area contributed by atoms with Crippen LogP contribution in [0.25, 0.3) is 6.08 Å². The highest BCUT2D eigenvalue weighted by molar-refractivity contribution is 5.95. The van der Waals surface area contributed by atoms with Gasteiger partial charge in [-0.25, -0.2) is 9.59 Å². The average Bonchev–Trinajstić information content (AvgIpc) is 2.90. The minimum absolute atomic E-state index is 0.0309. The summed E-state index contributed by atoms with van der Waals surface area (Å²) < 4.78 is 15.1. The third-order valence-electron chi connectivity index (χ3n) is 5.00. The van der Waals surface area contributed by atoms with Crippen LogP contribution >= 0.6 is 0 Å². The summed E-state index contributed by atoms with van der Waals surface area (Å²) in [5.74, 6) is -1.89. The molecule has 10 nitrogen and oxygen atoms in total. The monoisotopic (exact) mass is 521 g/mol. The minimum atomic E-state index is -0.972. The molecular weight excluding hydrogens is 490 g/mol. The fourth-order valence-corrected chi connectivity index (χ4v) is 3.12. The molecule has 0 aromatic heterocycles. The van der Waals surface area contributed by atoms with Crippen LogP contribution in [0, 0.1) is 5.41 Å². The van der Waals surface area contributed by atoms with Crippen molar-refractivity contribution in [3.63, 3.8) is 0 Å². The molecule has 0 fully saturated rings. The van der Waals surface area contributed by atoms with Crippen molar-refractivity contribution in [2.24, 2.45) is 5.73 Å². The van der Waals surface area contributed by atoms with Gasteiger partial charge in [0, 0.05) is 18.1 Å². The molecule has 4 N–H and O–H groups in total. The van der Waals surface area contributed by atoms with Crippen LogP contribution in [0.2, 0.25) is 0 Å². The Balaban J connectivity index is 1.90. The molecule has 0 bridgehead atoms. The number of nitrogens with two attached hydrogens (primary N) is 1. The number of esters is 3. The zero-order valence-corrected chi connectivity index (χ0v) is 21.3. The topological polar surface area (TPSA) is 158 Å². The molecule has 0 saturated heterocycles. The number of nitrogen functional groups attached to an aromatic ring is 1. The molecule has 10 heteroatoms. The van der Waals surface area contributed by atoms with Crippen LogP contribution in [0.1, 0.15) is 48.2 Å². The van der Waals surface area contributed by atoms with Gasteiger partial charge >= 0.3 is 17.9 Å². The molecule has 0 heterocycles. The quantitative estimate of drug-likeness (QED) is 0.0906. The Morgan fingerprint density at radius 3 is 2.16 bits per heavy atom. The second-order valence-electron chi connectivity index (χ2n) is 7.82. The van der Waals surface area contributed by atoms with E-state index in [0.717, 1.165) is 5.56 Å². The van der Waals surface area contributed by atoms with Crippen molar-refractivity contribution in [1.29, 1.82) is 5.41 Å². The Kier molecular flexibility index (Phi) is 12.0. The van der Waals surface area contributed by atoms with E-state index in [4.69, 9.17) is 25.4 Å². The van der Waals surface area contributed by atoms with E-state index >= 15 is 0 Å². The molecular formula is C28H31N3O7. The number of benzene rings is 2. The molecule has 1 amide bonds. The van der Waals surface area contributed by atoms with E-state index in [1.54, 1.807) is 74.5 Å². The van der Waals surface area contributed by atoms with E-state index in [9.17, 15) is 19.2 Å². The van der Waals surface area contributed by atoms with Crippen LogP contribution in [-0.2, 0) is 23.9 Å². The normalized spacial score (nSPS) is 11.6. The van der Waals surface area contributed by atoms with Crippen LogP contribution < -0.4 is 15.8 Å². The number of hydrogen-bond acceptors (Lipinski definition) is 8. The van der Waals surface area contributed by atoms with Gasteiger partial charge in [-0.15, -0.1) is 0 Å². The van der Waals surface area contributed by atoms with E-state index < -0.39 is 29.9 Å². The van der Waals surface area contributed by atoms with Crippen LogP contribution in [0.4, 0.5) is 0 Å². The number of carbonyl (C=O) groups is 4. The summed E-state index contributed by atoms with van der Waals surface area (Å²) >= 11 is 0. The first-order valence-electron chi connectivity index (χ1n) is 12.0. The van der Waals surface area contributed by atoms with Crippen LogP contribution in [0.15, 0.2) is 66.8 Å². The number of allylic oxidation sites excluding steroid dienone is 2. The van der Waals surface area contributed by atoms with Gasteiger partial charge in [-0.05, 0) is 62.2 Å². The SMILES string of the molecule is CCOC(=O)CC[C@H](NC(=O)C=CC=Cc1ccc(C(=O)Oc2ccc(C(=N)N)cc2)cc1)C(=O)OCC. The minimum Gasteiger partial charge on any atom is -0.466 e. The first kappa shape index (κ1) is 29.5. The van der Waals surface area contributed by atoms with Gasteiger partial charge in [0.05, 0.1) is 18.8 Å².